The topological polar surface area (TPSA) is 41.5 Å². The highest BCUT2D eigenvalue weighted by atomic mass is 79.9. The molecule has 21 heavy (non-hydrogen) atoms. The van der Waals surface area contributed by atoms with Gasteiger partial charge in [0.2, 0.25) is 0 Å². The van der Waals surface area contributed by atoms with Crippen molar-refractivity contribution in [2.24, 2.45) is 4.99 Å². The minimum atomic E-state index is -0.201. The van der Waals surface area contributed by atoms with Crippen molar-refractivity contribution in [3.05, 3.63) is 63.0 Å². The number of carbonyl (C=O) groups is 1. The van der Waals surface area contributed by atoms with E-state index in [1.165, 1.54) is 0 Å². The standard InChI is InChI=1S/C16H12Br2N2O/c1-3-10-8-11(4-7-14(10)19-2)16(21)20-15-9-12(17)5-6-13(15)18/h3-9H,1-2H2,(H,20,21). The molecule has 2 aromatic carbocycles. The predicted molar refractivity (Wildman–Crippen MR) is 95.5 cm³/mol. The molecule has 0 aliphatic heterocycles. The van der Waals surface area contributed by atoms with E-state index in [2.05, 4.69) is 55.5 Å². The Morgan fingerprint density at radius 1 is 1.19 bits per heavy atom. The second-order valence-corrected chi connectivity index (χ2v) is 5.98. The minimum Gasteiger partial charge on any atom is -0.321 e. The summed E-state index contributed by atoms with van der Waals surface area (Å²) in [5.41, 5.74) is 2.70. The summed E-state index contributed by atoms with van der Waals surface area (Å²) in [6.07, 6.45) is 1.65. The van der Waals surface area contributed by atoms with Gasteiger partial charge in [0, 0.05) is 20.1 Å². The van der Waals surface area contributed by atoms with Gasteiger partial charge < -0.3 is 5.32 Å². The van der Waals surface area contributed by atoms with Crippen LogP contribution in [-0.4, -0.2) is 12.6 Å². The van der Waals surface area contributed by atoms with Gasteiger partial charge in [-0.1, -0.05) is 28.6 Å². The number of hydrogen-bond acceptors (Lipinski definition) is 2. The molecule has 0 aliphatic rings. The Balaban J connectivity index is 2.30. The minimum absolute atomic E-state index is 0.201. The molecule has 2 rings (SSSR count). The predicted octanol–water partition coefficient (Wildman–Crippen LogP) is 5.44. The highest BCUT2D eigenvalue weighted by molar-refractivity contribution is 9.11. The Bertz CT molecular complexity index is 726. The molecule has 0 atom stereocenters. The number of carbonyl (C=O) groups excluding carboxylic acids is 1. The van der Waals surface area contributed by atoms with Crippen molar-refractivity contribution in [1.82, 2.24) is 0 Å². The van der Waals surface area contributed by atoms with Crippen molar-refractivity contribution in [1.29, 1.82) is 0 Å². The number of anilines is 1. The summed E-state index contributed by atoms with van der Waals surface area (Å²) in [5.74, 6) is -0.201. The van der Waals surface area contributed by atoms with Crippen molar-refractivity contribution >= 4 is 61.9 Å². The fourth-order valence-corrected chi connectivity index (χ4v) is 2.50. The summed E-state index contributed by atoms with van der Waals surface area (Å²) in [6.45, 7) is 7.21. The third kappa shape index (κ3) is 3.68. The average Bonchev–Trinajstić information content (AvgIpc) is 2.50. The zero-order chi connectivity index (χ0) is 15.4. The molecule has 1 amide bonds. The molecule has 0 fully saturated rings. The number of rotatable bonds is 4. The molecule has 3 nitrogen and oxygen atoms in total. The fraction of sp³-hybridized carbons (Fsp3) is 0. The normalized spacial score (nSPS) is 10.0. The Hall–Kier alpha value is -1.72. The van der Waals surface area contributed by atoms with Crippen molar-refractivity contribution in [3.63, 3.8) is 0 Å². The van der Waals surface area contributed by atoms with Crippen LogP contribution in [0.15, 0.2) is 56.9 Å². The first-order chi connectivity index (χ1) is 10.0. The zero-order valence-electron chi connectivity index (χ0n) is 11.1. The van der Waals surface area contributed by atoms with E-state index in [1.54, 1.807) is 24.3 Å². The largest absolute Gasteiger partial charge is 0.321 e. The summed E-state index contributed by atoms with van der Waals surface area (Å²) in [6, 6.07) is 10.8. The van der Waals surface area contributed by atoms with E-state index in [0.29, 0.717) is 16.9 Å². The SMILES string of the molecule is C=Cc1cc(C(=O)Nc2cc(Br)ccc2Br)ccc1N=C. The van der Waals surface area contributed by atoms with Crippen LogP contribution in [0.4, 0.5) is 11.4 Å². The zero-order valence-corrected chi connectivity index (χ0v) is 14.2. The molecule has 0 aromatic heterocycles. The van der Waals surface area contributed by atoms with Crippen LogP contribution in [0.2, 0.25) is 0 Å². The molecule has 0 aliphatic carbocycles. The second kappa shape index (κ2) is 6.83. The molecule has 0 radical (unpaired) electrons. The van der Waals surface area contributed by atoms with Crippen LogP contribution in [0.3, 0.4) is 0 Å². The molecule has 0 unspecified atom stereocenters. The Morgan fingerprint density at radius 3 is 2.62 bits per heavy atom. The van der Waals surface area contributed by atoms with Crippen molar-refractivity contribution in [3.8, 4) is 0 Å². The quantitative estimate of drug-likeness (QED) is 0.673. The maximum Gasteiger partial charge on any atom is 0.255 e. The summed E-state index contributed by atoms with van der Waals surface area (Å²) in [5, 5.41) is 2.86. The third-order valence-electron chi connectivity index (χ3n) is 2.86. The van der Waals surface area contributed by atoms with Crippen LogP contribution < -0.4 is 5.32 Å². The number of benzene rings is 2. The van der Waals surface area contributed by atoms with Gasteiger partial charge in [0.1, 0.15) is 0 Å². The van der Waals surface area contributed by atoms with Gasteiger partial charge in [0.25, 0.3) is 5.91 Å². The Labute approximate surface area is 140 Å². The maximum atomic E-state index is 12.3. The molecule has 0 saturated carbocycles. The van der Waals surface area contributed by atoms with E-state index in [1.807, 2.05) is 18.2 Å². The molecule has 2 aromatic rings. The highest BCUT2D eigenvalue weighted by Gasteiger charge is 2.10. The van der Waals surface area contributed by atoms with Crippen LogP contribution in [-0.2, 0) is 0 Å². The summed E-state index contributed by atoms with van der Waals surface area (Å²) in [4.78, 5) is 16.2. The van der Waals surface area contributed by atoms with E-state index < -0.39 is 0 Å². The molecular formula is C16H12Br2N2O. The van der Waals surface area contributed by atoms with Crippen molar-refractivity contribution < 1.29 is 4.79 Å². The third-order valence-corrected chi connectivity index (χ3v) is 4.04. The van der Waals surface area contributed by atoms with Crippen LogP contribution in [0, 0.1) is 0 Å². The molecular weight excluding hydrogens is 396 g/mol. The number of nitrogens with one attached hydrogen (secondary N) is 1. The first kappa shape index (κ1) is 15.7. The second-order valence-electron chi connectivity index (χ2n) is 4.21. The van der Waals surface area contributed by atoms with E-state index in [0.717, 1.165) is 14.5 Å². The number of aliphatic imine (C=N–C) groups is 1. The molecule has 0 spiro atoms. The van der Waals surface area contributed by atoms with E-state index >= 15 is 0 Å². The number of amides is 1. The first-order valence-electron chi connectivity index (χ1n) is 6.04. The van der Waals surface area contributed by atoms with Gasteiger partial charge in [0.05, 0.1) is 11.4 Å². The molecule has 0 saturated heterocycles. The number of nitrogens with zero attached hydrogens (tertiary/aromatic N) is 1. The van der Waals surface area contributed by atoms with Crippen molar-refractivity contribution in [2.45, 2.75) is 0 Å². The van der Waals surface area contributed by atoms with Crippen molar-refractivity contribution in [2.75, 3.05) is 5.32 Å². The Morgan fingerprint density at radius 2 is 1.95 bits per heavy atom. The van der Waals surface area contributed by atoms with Gasteiger partial charge in [-0.25, -0.2) is 0 Å². The van der Waals surface area contributed by atoms with Gasteiger partial charge in [0.15, 0.2) is 0 Å². The summed E-state index contributed by atoms with van der Waals surface area (Å²) < 4.78 is 1.70. The summed E-state index contributed by atoms with van der Waals surface area (Å²) in [7, 11) is 0. The van der Waals surface area contributed by atoms with E-state index in [4.69, 9.17) is 0 Å². The van der Waals surface area contributed by atoms with Gasteiger partial charge in [-0.3, -0.25) is 9.79 Å². The fourth-order valence-electron chi connectivity index (χ4n) is 1.79. The van der Waals surface area contributed by atoms with Crippen LogP contribution in [0.1, 0.15) is 15.9 Å². The lowest BCUT2D eigenvalue weighted by atomic mass is 10.1. The Kier molecular flexibility index (Phi) is 5.09. The smallest absolute Gasteiger partial charge is 0.255 e. The van der Waals surface area contributed by atoms with E-state index in [-0.39, 0.29) is 5.91 Å². The van der Waals surface area contributed by atoms with Crippen LogP contribution >= 0.6 is 31.9 Å². The molecule has 0 heterocycles. The average molecular weight is 408 g/mol. The molecule has 1 N–H and O–H groups in total. The van der Waals surface area contributed by atoms with Gasteiger partial charge in [-0.05, 0) is 59.0 Å². The van der Waals surface area contributed by atoms with Gasteiger partial charge in [-0.15, -0.1) is 0 Å². The van der Waals surface area contributed by atoms with Gasteiger partial charge >= 0.3 is 0 Å². The summed E-state index contributed by atoms with van der Waals surface area (Å²) >= 11 is 6.79. The lowest BCUT2D eigenvalue weighted by Gasteiger charge is -2.09. The first-order valence-corrected chi connectivity index (χ1v) is 7.63. The molecule has 5 heteroatoms. The molecule has 0 bridgehead atoms. The highest BCUT2D eigenvalue weighted by Crippen LogP contribution is 2.27. The maximum absolute atomic E-state index is 12.3. The lowest BCUT2D eigenvalue weighted by Crippen LogP contribution is -2.12. The lowest BCUT2D eigenvalue weighted by molar-refractivity contribution is 0.102. The molecule has 106 valence electrons. The van der Waals surface area contributed by atoms with Crippen LogP contribution in [0.5, 0.6) is 0 Å². The van der Waals surface area contributed by atoms with Gasteiger partial charge in [-0.2, -0.15) is 0 Å². The number of halogens is 2. The number of hydrogen-bond donors (Lipinski definition) is 1. The van der Waals surface area contributed by atoms with Crippen LogP contribution in [0.25, 0.3) is 6.08 Å². The van der Waals surface area contributed by atoms with E-state index in [9.17, 15) is 4.79 Å². The monoisotopic (exact) mass is 406 g/mol.